The molecule has 1 heterocycles. The van der Waals surface area contributed by atoms with Crippen molar-refractivity contribution in [2.45, 2.75) is 11.8 Å². The van der Waals surface area contributed by atoms with Crippen molar-refractivity contribution in [2.75, 3.05) is 18.9 Å². The van der Waals surface area contributed by atoms with Gasteiger partial charge in [-0.3, -0.25) is 0 Å². The van der Waals surface area contributed by atoms with E-state index in [1.54, 1.807) is 18.2 Å². The lowest BCUT2D eigenvalue weighted by molar-refractivity contribution is 0.355. The van der Waals surface area contributed by atoms with Crippen LogP contribution in [0.2, 0.25) is 0 Å². The summed E-state index contributed by atoms with van der Waals surface area (Å²) in [6, 6.07) is 8.59. The molecule has 0 bridgehead atoms. The molecule has 0 aliphatic rings. The van der Waals surface area contributed by atoms with Crippen molar-refractivity contribution in [2.24, 2.45) is 0 Å². The highest BCUT2D eigenvalue weighted by atomic mass is 32.2. The van der Waals surface area contributed by atoms with E-state index in [2.05, 4.69) is 9.88 Å². The third-order valence-corrected chi connectivity index (χ3v) is 5.26. The van der Waals surface area contributed by atoms with E-state index >= 15 is 0 Å². The average molecular weight is 392 g/mol. The first kappa shape index (κ1) is 18.7. The number of benzene rings is 2. The molecular weight excluding hydrogens is 375 g/mol. The molecule has 0 aliphatic heterocycles. The van der Waals surface area contributed by atoms with Gasteiger partial charge in [0.05, 0.1) is 30.9 Å². The van der Waals surface area contributed by atoms with Crippen LogP contribution in [0.15, 0.2) is 52.0 Å². The van der Waals surface area contributed by atoms with Gasteiger partial charge in [0.2, 0.25) is 5.88 Å². The average Bonchev–Trinajstić information content (AvgIpc) is 3.10. The first-order valence-corrected chi connectivity index (χ1v) is 9.30. The Morgan fingerprint density at radius 3 is 2.48 bits per heavy atom. The van der Waals surface area contributed by atoms with Crippen LogP contribution in [0.1, 0.15) is 5.56 Å². The standard InChI is InChI=1S/C18H17FN2O5S/c1-11-8-13(5-6-15(11)19)27(22,23)21-18-14(10-20-26-18)12-4-7-16(24-2)17(9-12)25-3/h4-10,21H,1-3H3. The fourth-order valence-corrected chi connectivity index (χ4v) is 3.58. The number of nitrogens with one attached hydrogen (secondary N) is 1. The minimum absolute atomic E-state index is 0.0656. The Morgan fingerprint density at radius 2 is 1.81 bits per heavy atom. The number of anilines is 1. The van der Waals surface area contributed by atoms with Gasteiger partial charge in [0.25, 0.3) is 10.0 Å². The Balaban J connectivity index is 1.97. The first-order valence-electron chi connectivity index (χ1n) is 7.81. The SMILES string of the molecule is COc1ccc(-c2cnoc2NS(=O)(=O)c2ccc(F)c(C)c2)cc1OC. The summed E-state index contributed by atoms with van der Waals surface area (Å²) in [4.78, 5) is -0.0870. The van der Waals surface area contributed by atoms with E-state index in [1.807, 2.05) is 0 Å². The number of aryl methyl sites for hydroxylation is 1. The highest BCUT2D eigenvalue weighted by molar-refractivity contribution is 7.92. The number of ether oxygens (including phenoxy) is 2. The highest BCUT2D eigenvalue weighted by Crippen LogP contribution is 2.36. The van der Waals surface area contributed by atoms with Gasteiger partial charge in [-0.2, -0.15) is 0 Å². The summed E-state index contributed by atoms with van der Waals surface area (Å²) < 4.78 is 56.5. The predicted octanol–water partition coefficient (Wildman–Crippen LogP) is 3.61. The molecule has 3 rings (SSSR count). The third-order valence-electron chi connectivity index (χ3n) is 3.93. The van der Waals surface area contributed by atoms with Crippen molar-refractivity contribution in [3.8, 4) is 22.6 Å². The molecule has 7 nitrogen and oxygen atoms in total. The predicted molar refractivity (Wildman–Crippen MR) is 97.0 cm³/mol. The van der Waals surface area contributed by atoms with Gasteiger partial charge >= 0.3 is 0 Å². The second kappa shape index (κ2) is 7.28. The lowest BCUT2D eigenvalue weighted by Crippen LogP contribution is -2.13. The van der Waals surface area contributed by atoms with Gasteiger partial charge in [-0.15, -0.1) is 0 Å². The van der Waals surface area contributed by atoms with E-state index in [4.69, 9.17) is 14.0 Å². The Kier molecular flexibility index (Phi) is 5.04. The maximum Gasteiger partial charge on any atom is 0.264 e. The summed E-state index contributed by atoms with van der Waals surface area (Å²) in [5.74, 6) is 0.449. The summed E-state index contributed by atoms with van der Waals surface area (Å²) in [5, 5.41) is 3.67. The van der Waals surface area contributed by atoms with Gasteiger partial charge < -0.3 is 14.0 Å². The number of methoxy groups -OCH3 is 2. The molecule has 0 spiro atoms. The van der Waals surface area contributed by atoms with Crippen LogP contribution in [-0.2, 0) is 10.0 Å². The number of rotatable bonds is 6. The summed E-state index contributed by atoms with van der Waals surface area (Å²) in [6.07, 6.45) is 1.38. The Morgan fingerprint density at radius 1 is 1.07 bits per heavy atom. The van der Waals surface area contributed by atoms with Crippen LogP contribution in [0.3, 0.4) is 0 Å². The Hall–Kier alpha value is -3.07. The number of hydrogen-bond acceptors (Lipinski definition) is 6. The largest absolute Gasteiger partial charge is 0.493 e. The van der Waals surface area contributed by atoms with Crippen molar-refractivity contribution in [3.63, 3.8) is 0 Å². The van der Waals surface area contributed by atoms with Crippen molar-refractivity contribution in [1.82, 2.24) is 5.16 Å². The second-order valence-corrected chi connectivity index (χ2v) is 7.34. The van der Waals surface area contributed by atoms with Crippen LogP contribution >= 0.6 is 0 Å². The molecule has 0 radical (unpaired) electrons. The van der Waals surface area contributed by atoms with E-state index in [1.165, 1.54) is 39.5 Å². The topological polar surface area (TPSA) is 90.7 Å². The minimum atomic E-state index is -3.99. The summed E-state index contributed by atoms with van der Waals surface area (Å²) in [7, 11) is -0.977. The van der Waals surface area contributed by atoms with Crippen LogP contribution in [0, 0.1) is 12.7 Å². The van der Waals surface area contributed by atoms with E-state index in [9.17, 15) is 12.8 Å². The monoisotopic (exact) mass is 392 g/mol. The molecule has 3 aromatic rings. The molecule has 0 amide bonds. The molecule has 0 fully saturated rings. The molecule has 0 saturated carbocycles. The van der Waals surface area contributed by atoms with E-state index < -0.39 is 15.8 Å². The van der Waals surface area contributed by atoms with Crippen molar-refractivity contribution >= 4 is 15.9 Å². The van der Waals surface area contributed by atoms with Gasteiger partial charge in [-0.1, -0.05) is 11.2 Å². The fourth-order valence-electron chi connectivity index (χ4n) is 2.49. The van der Waals surface area contributed by atoms with Gasteiger partial charge in [0.1, 0.15) is 5.82 Å². The van der Waals surface area contributed by atoms with Crippen molar-refractivity contribution < 1.29 is 26.8 Å². The van der Waals surface area contributed by atoms with Crippen LogP contribution in [0.5, 0.6) is 11.5 Å². The van der Waals surface area contributed by atoms with Crippen LogP contribution in [0.25, 0.3) is 11.1 Å². The second-order valence-electron chi connectivity index (χ2n) is 5.65. The molecule has 9 heteroatoms. The summed E-state index contributed by atoms with van der Waals surface area (Å²) in [6.45, 7) is 1.48. The summed E-state index contributed by atoms with van der Waals surface area (Å²) >= 11 is 0. The molecule has 0 atom stereocenters. The normalized spacial score (nSPS) is 11.3. The first-order chi connectivity index (χ1) is 12.9. The number of aromatic nitrogens is 1. The van der Waals surface area contributed by atoms with Gasteiger partial charge in [0.15, 0.2) is 11.5 Å². The molecule has 1 N–H and O–H groups in total. The maximum absolute atomic E-state index is 13.4. The lowest BCUT2D eigenvalue weighted by Gasteiger charge is -2.10. The zero-order valence-electron chi connectivity index (χ0n) is 14.8. The molecule has 0 aliphatic carbocycles. The maximum atomic E-state index is 13.4. The fraction of sp³-hybridized carbons (Fsp3) is 0.167. The number of nitrogens with zero attached hydrogens (tertiary/aromatic N) is 1. The molecule has 0 unspecified atom stereocenters. The van der Waals surface area contributed by atoms with E-state index in [0.717, 1.165) is 6.07 Å². The molecule has 142 valence electrons. The number of halogens is 1. The molecular formula is C18H17FN2O5S. The van der Waals surface area contributed by atoms with Crippen LogP contribution < -0.4 is 14.2 Å². The number of sulfonamides is 1. The zero-order valence-corrected chi connectivity index (χ0v) is 15.6. The smallest absolute Gasteiger partial charge is 0.264 e. The molecule has 27 heavy (non-hydrogen) atoms. The molecule has 0 saturated heterocycles. The summed E-state index contributed by atoms with van der Waals surface area (Å²) in [5.41, 5.74) is 1.25. The Bertz CT molecular complexity index is 1080. The lowest BCUT2D eigenvalue weighted by atomic mass is 10.1. The molecule has 1 aromatic heterocycles. The van der Waals surface area contributed by atoms with Crippen LogP contribution in [0.4, 0.5) is 10.3 Å². The van der Waals surface area contributed by atoms with E-state index in [0.29, 0.717) is 22.6 Å². The zero-order chi connectivity index (χ0) is 19.6. The van der Waals surface area contributed by atoms with Crippen LogP contribution in [-0.4, -0.2) is 27.8 Å². The van der Waals surface area contributed by atoms with Gasteiger partial charge in [-0.25, -0.2) is 17.5 Å². The van der Waals surface area contributed by atoms with Crippen molar-refractivity contribution in [3.05, 3.63) is 54.0 Å². The highest BCUT2D eigenvalue weighted by Gasteiger charge is 2.21. The quantitative estimate of drug-likeness (QED) is 0.689. The third kappa shape index (κ3) is 3.72. The van der Waals surface area contributed by atoms with Gasteiger partial charge in [-0.05, 0) is 48.4 Å². The minimum Gasteiger partial charge on any atom is -0.493 e. The van der Waals surface area contributed by atoms with Crippen molar-refractivity contribution in [1.29, 1.82) is 0 Å². The number of hydrogen-bond donors (Lipinski definition) is 1. The van der Waals surface area contributed by atoms with E-state index in [-0.39, 0.29) is 16.3 Å². The van der Waals surface area contributed by atoms with Gasteiger partial charge in [0, 0.05) is 0 Å². The Labute approximate surface area is 155 Å². The molecule has 2 aromatic carbocycles.